The average Bonchev–Trinajstić information content (AvgIpc) is 2.40. The molecule has 1 aromatic heterocycles. The molecular weight excluding hydrogens is 314 g/mol. The highest BCUT2D eigenvalue weighted by atomic mass is 35.5. The maximum absolute atomic E-state index is 12.6. The monoisotopic (exact) mass is 335 g/mol. The molecule has 1 heterocycles. The Morgan fingerprint density at radius 1 is 1.43 bits per heavy atom. The second-order valence-electron chi connectivity index (χ2n) is 7.52. The lowest BCUT2D eigenvalue weighted by molar-refractivity contribution is -0.129. The van der Waals surface area contributed by atoms with Crippen LogP contribution in [0.25, 0.3) is 0 Å². The number of ketones is 1. The number of hydrogen-bond acceptors (Lipinski definition) is 4. The van der Waals surface area contributed by atoms with Gasteiger partial charge in [0.15, 0.2) is 5.78 Å². The zero-order chi connectivity index (χ0) is 16.6. The van der Waals surface area contributed by atoms with Crippen LogP contribution in [-0.2, 0) is 16.0 Å². The van der Waals surface area contributed by atoms with Gasteiger partial charge in [-0.3, -0.25) is 14.6 Å². The lowest BCUT2D eigenvalue weighted by atomic mass is 9.72. The van der Waals surface area contributed by atoms with Gasteiger partial charge in [0, 0.05) is 18.5 Å². The smallest absolute Gasteiger partial charge is 0.293 e. The second kappa shape index (κ2) is 6.23. The molecule has 0 amide bonds. The van der Waals surface area contributed by atoms with E-state index in [0.717, 1.165) is 30.5 Å². The first-order valence-corrected chi connectivity index (χ1v) is 8.56. The van der Waals surface area contributed by atoms with Gasteiger partial charge in [-0.2, -0.15) is 0 Å². The number of rotatable bonds is 5. The first kappa shape index (κ1) is 16.4. The van der Waals surface area contributed by atoms with Crippen LogP contribution in [0.3, 0.4) is 0 Å². The van der Waals surface area contributed by atoms with E-state index in [4.69, 9.17) is 16.3 Å². The molecule has 0 spiro atoms. The number of aromatic nitrogens is 1. The maximum Gasteiger partial charge on any atom is 0.293 e. The van der Waals surface area contributed by atoms with Gasteiger partial charge in [0.05, 0.1) is 22.9 Å². The molecule has 124 valence electrons. The van der Waals surface area contributed by atoms with E-state index < -0.39 is 0 Å². The molecule has 0 aliphatic heterocycles. The predicted molar refractivity (Wildman–Crippen MR) is 87.8 cm³/mol. The lowest BCUT2D eigenvalue weighted by Crippen LogP contribution is -2.30. The van der Waals surface area contributed by atoms with Crippen LogP contribution in [0.5, 0.6) is 0 Å². The summed E-state index contributed by atoms with van der Waals surface area (Å²) in [6.45, 7) is 4.92. The van der Waals surface area contributed by atoms with E-state index in [1.165, 1.54) is 6.42 Å². The zero-order valence-electron chi connectivity index (χ0n) is 13.6. The van der Waals surface area contributed by atoms with Gasteiger partial charge in [-0.25, -0.2) is 0 Å². The number of Topliss-reactive ketones (excluding diaryl/α,β-unsaturated/α-hetero) is 1. The van der Waals surface area contributed by atoms with E-state index in [1.54, 1.807) is 6.20 Å². The van der Waals surface area contributed by atoms with E-state index in [1.807, 2.05) is 0 Å². The number of hydrogen-bond donors (Lipinski definition) is 0. The van der Waals surface area contributed by atoms with Crippen LogP contribution in [0.2, 0.25) is 5.02 Å². The third kappa shape index (κ3) is 3.14. The van der Waals surface area contributed by atoms with Crippen molar-refractivity contribution < 1.29 is 14.3 Å². The molecule has 4 nitrogen and oxygen atoms in total. The summed E-state index contributed by atoms with van der Waals surface area (Å²) in [6, 6.07) is 0. The minimum Gasteiger partial charge on any atom is -0.467 e. The molecule has 1 saturated carbocycles. The minimum atomic E-state index is -0.0735. The van der Waals surface area contributed by atoms with Gasteiger partial charge in [-0.15, -0.1) is 0 Å². The van der Waals surface area contributed by atoms with Crippen molar-refractivity contribution in [3.63, 3.8) is 0 Å². The molecule has 3 rings (SSSR count). The molecule has 1 fully saturated rings. The number of halogens is 1. The van der Waals surface area contributed by atoms with Crippen molar-refractivity contribution >= 4 is 23.9 Å². The summed E-state index contributed by atoms with van der Waals surface area (Å²) >= 11 is 6.61. The third-order valence-electron chi connectivity index (χ3n) is 5.15. The quantitative estimate of drug-likeness (QED) is 0.764. The molecule has 0 N–H and O–H groups in total. The molecule has 0 radical (unpaired) electrons. The van der Waals surface area contributed by atoms with Crippen molar-refractivity contribution in [3.8, 4) is 0 Å². The van der Waals surface area contributed by atoms with Crippen LogP contribution < -0.4 is 0 Å². The summed E-state index contributed by atoms with van der Waals surface area (Å²) in [6.07, 6.45) is 6.41. The van der Waals surface area contributed by atoms with Gasteiger partial charge in [0.25, 0.3) is 6.47 Å². The molecule has 23 heavy (non-hydrogen) atoms. The summed E-state index contributed by atoms with van der Waals surface area (Å²) in [5, 5.41) is 0.516. The Balaban J connectivity index is 1.98. The van der Waals surface area contributed by atoms with Gasteiger partial charge >= 0.3 is 0 Å². The maximum atomic E-state index is 12.6. The zero-order valence-corrected chi connectivity index (χ0v) is 14.4. The Kier molecular flexibility index (Phi) is 4.45. The van der Waals surface area contributed by atoms with E-state index in [9.17, 15) is 9.59 Å². The van der Waals surface area contributed by atoms with Crippen molar-refractivity contribution in [2.75, 3.05) is 6.61 Å². The number of nitrogens with zero attached hydrogens (tertiary/aromatic N) is 1. The van der Waals surface area contributed by atoms with E-state index in [2.05, 4.69) is 18.8 Å². The summed E-state index contributed by atoms with van der Waals surface area (Å²) in [7, 11) is 0. The third-order valence-corrected chi connectivity index (χ3v) is 5.55. The fraction of sp³-hybridized carbons (Fsp3) is 0.611. The Bertz CT molecular complexity index is 637. The van der Waals surface area contributed by atoms with Crippen molar-refractivity contribution in [2.24, 2.45) is 11.3 Å². The second-order valence-corrected chi connectivity index (χ2v) is 7.90. The van der Waals surface area contributed by atoms with Gasteiger partial charge < -0.3 is 4.74 Å². The molecule has 1 atom stereocenters. The van der Waals surface area contributed by atoms with Crippen LogP contribution in [0.15, 0.2) is 6.20 Å². The topological polar surface area (TPSA) is 56.3 Å². The first-order chi connectivity index (χ1) is 10.9. The average molecular weight is 336 g/mol. The highest BCUT2D eigenvalue weighted by Gasteiger charge is 2.37. The Morgan fingerprint density at radius 3 is 2.78 bits per heavy atom. The Labute approximate surface area is 141 Å². The van der Waals surface area contributed by atoms with E-state index in [-0.39, 0.29) is 17.1 Å². The van der Waals surface area contributed by atoms with E-state index >= 15 is 0 Å². The van der Waals surface area contributed by atoms with Crippen molar-refractivity contribution in [2.45, 2.75) is 51.9 Å². The number of fused-ring (bicyclic) bond motifs is 1. The highest BCUT2D eigenvalue weighted by molar-refractivity contribution is 6.35. The standard InChI is InChI=1S/C18H22ClNO3/c1-18(2)6-14-16(15(22)7-18)17(19)12(8-20-14)13(9-23-10-21)11-4-3-5-11/h8,10-11,13H,3-7,9H2,1-2H3. The van der Waals surface area contributed by atoms with Gasteiger partial charge in [0.1, 0.15) is 0 Å². The van der Waals surface area contributed by atoms with Gasteiger partial charge in [-0.1, -0.05) is 31.9 Å². The molecule has 2 aliphatic rings. The normalized spacial score (nSPS) is 21.3. The van der Waals surface area contributed by atoms with Crippen LogP contribution in [0.1, 0.15) is 67.1 Å². The molecule has 0 saturated heterocycles. The largest absolute Gasteiger partial charge is 0.467 e. The summed E-state index contributed by atoms with van der Waals surface area (Å²) < 4.78 is 5.01. The van der Waals surface area contributed by atoms with Crippen LogP contribution >= 0.6 is 11.6 Å². The Morgan fingerprint density at radius 2 is 2.17 bits per heavy atom. The minimum absolute atomic E-state index is 0.0296. The fourth-order valence-electron chi connectivity index (χ4n) is 3.72. The number of ether oxygens (including phenoxy) is 1. The van der Waals surface area contributed by atoms with Crippen LogP contribution in [0.4, 0.5) is 0 Å². The SMILES string of the molecule is CC1(C)CC(=O)c2c(ncc(C(COC=O)C3CCC3)c2Cl)C1. The van der Waals surface area contributed by atoms with Gasteiger partial charge in [-0.05, 0) is 36.2 Å². The molecule has 1 unspecified atom stereocenters. The predicted octanol–water partition coefficient (Wildman–Crippen LogP) is 3.95. The summed E-state index contributed by atoms with van der Waals surface area (Å²) in [5.41, 5.74) is 2.16. The van der Waals surface area contributed by atoms with Crippen molar-refractivity contribution in [3.05, 3.63) is 28.0 Å². The van der Waals surface area contributed by atoms with Crippen molar-refractivity contribution in [1.29, 1.82) is 0 Å². The molecule has 0 aromatic carbocycles. The molecule has 0 bridgehead atoms. The van der Waals surface area contributed by atoms with Crippen LogP contribution in [0, 0.1) is 11.3 Å². The number of carbonyl (C=O) groups is 2. The van der Waals surface area contributed by atoms with Gasteiger partial charge in [0.2, 0.25) is 0 Å². The van der Waals surface area contributed by atoms with E-state index in [0.29, 0.717) is 36.0 Å². The number of carbonyl (C=O) groups excluding carboxylic acids is 2. The molecule has 5 heteroatoms. The fourth-order valence-corrected chi connectivity index (χ4v) is 4.12. The molecule has 1 aromatic rings. The lowest BCUT2D eigenvalue weighted by Gasteiger charge is -2.35. The summed E-state index contributed by atoms with van der Waals surface area (Å²) in [5.74, 6) is 0.545. The Hall–Kier alpha value is -1.42. The van der Waals surface area contributed by atoms with Crippen LogP contribution in [-0.4, -0.2) is 23.8 Å². The van der Waals surface area contributed by atoms with Crippen molar-refractivity contribution in [1.82, 2.24) is 4.98 Å². The summed E-state index contributed by atoms with van der Waals surface area (Å²) in [4.78, 5) is 27.7. The highest BCUT2D eigenvalue weighted by Crippen LogP contribution is 2.44. The number of pyridine rings is 1. The molecule has 2 aliphatic carbocycles. The molecular formula is C18H22ClNO3. The first-order valence-electron chi connectivity index (χ1n) is 8.18.